The van der Waals surface area contributed by atoms with Gasteiger partial charge in [0.25, 0.3) is 5.91 Å². The van der Waals surface area contributed by atoms with Crippen molar-refractivity contribution in [2.75, 3.05) is 24.8 Å². The van der Waals surface area contributed by atoms with Crippen LogP contribution in [0.15, 0.2) is 64.9 Å². The number of carbonyl (C=O) groups is 2. The molecular weight excluding hydrogens is 438 g/mol. The third-order valence-corrected chi connectivity index (χ3v) is 6.25. The SMILES string of the molecule is CCOC(=O)c1c(-c2ccccc2)csc1NC(=O)COc1ccc(S(C)(=O)=O)cc1. The Bertz CT molecular complexity index is 1170. The summed E-state index contributed by atoms with van der Waals surface area (Å²) in [7, 11) is -3.31. The normalized spacial score (nSPS) is 11.0. The van der Waals surface area contributed by atoms with Crippen LogP contribution in [0.25, 0.3) is 11.1 Å². The molecule has 0 fully saturated rings. The first-order valence-electron chi connectivity index (χ1n) is 9.36. The lowest BCUT2D eigenvalue weighted by Gasteiger charge is -2.10. The quantitative estimate of drug-likeness (QED) is 0.511. The number of anilines is 1. The van der Waals surface area contributed by atoms with Crippen LogP contribution in [0.3, 0.4) is 0 Å². The molecule has 1 N–H and O–H groups in total. The zero-order valence-corrected chi connectivity index (χ0v) is 18.6. The van der Waals surface area contributed by atoms with Gasteiger partial charge in [0.05, 0.1) is 11.5 Å². The van der Waals surface area contributed by atoms with Gasteiger partial charge in [-0.3, -0.25) is 4.79 Å². The average Bonchev–Trinajstić information content (AvgIpc) is 3.16. The maximum absolute atomic E-state index is 12.5. The van der Waals surface area contributed by atoms with Crippen LogP contribution in [0.5, 0.6) is 5.75 Å². The number of ether oxygens (including phenoxy) is 2. The van der Waals surface area contributed by atoms with Crippen LogP contribution >= 0.6 is 11.3 Å². The van der Waals surface area contributed by atoms with Crippen LogP contribution in [0.4, 0.5) is 5.00 Å². The van der Waals surface area contributed by atoms with Gasteiger partial charge in [-0.05, 0) is 36.8 Å². The molecule has 9 heteroatoms. The number of nitrogens with one attached hydrogen (secondary N) is 1. The van der Waals surface area contributed by atoms with E-state index in [1.54, 1.807) is 12.3 Å². The predicted octanol–water partition coefficient (Wildman–Crippen LogP) is 4.01. The Morgan fingerprint density at radius 2 is 1.71 bits per heavy atom. The van der Waals surface area contributed by atoms with Gasteiger partial charge in [0.15, 0.2) is 16.4 Å². The van der Waals surface area contributed by atoms with Gasteiger partial charge in [-0.25, -0.2) is 13.2 Å². The molecule has 0 aliphatic rings. The van der Waals surface area contributed by atoms with Crippen LogP contribution in [-0.4, -0.2) is 39.8 Å². The molecule has 3 rings (SSSR count). The van der Waals surface area contributed by atoms with E-state index in [0.29, 0.717) is 21.9 Å². The lowest BCUT2D eigenvalue weighted by Crippen LogP contribution is -2.21. The highest BCUT2D eigenvalue weighted by molar-refractivity contribution is 7.90. The Labute approximate surface area is 184 Å². The second-order valence-corrected chi connectivity index (χ2v) is 9.42. The molecule has 0 aliphatic carbocycles. The molecule has 31 heavy (non-hydrogen) atoms. The minimum absolute atomic E-state index is 0.162. The molecule has 2 aromatic carbocycles. The first kappa shape index (κ1) is 22.5. The Morgan fingerprint density at radius 3 is 2.32 bits per heavy atom. The van der Waals surface area contributed by atoms with E-state index in [4.69, 9.17) is 9.47 Å². The Hall–Kier alpha value is -3.17. The van der Waals surface area contributed by atoms with E-state index in [1.165, 1.54) is 35.6 Å². The molecule has 0 bridgehead atoms. The van der Waals surface area contributed by atoms with Gasteiger partial charge in [-0.1, -0.05) is 30.3 Å². The number of hydrogen-bond donors (Lipinski definition) is 1. The molecule has 1 aromatic heterocycles. The fourth-order valence-corrected chi connectivity index (χ4v) is 4.38. The number of sulfone groups is 1. The number of thiophene rings is 1. The minimum atomic E-state index is -3.31. The van der Waals surface area contributed by atoms with Crippen molar-refractivity contribution in [3.05, 3.63) is 65.5 Å². The fraction of sp³-hybridized carbons (Fsp3) is 0.182. The molecule has 0 saturated heterocycles. The third kappa shape index (κ3) is 5.71. The standard InChI is InChI=1S/C22H21NO6S2/c1-3-28-22(25)20-18(15-7-5-4-6-8-15)14-30-21(20)23-19(24)13-29-16-9-11-17(12-10-16)31(2,26)27/h4-12,14H,3,13H2,1-2H3,(H,23,24). The second kappa shape index (κ2) is 9.76. The first-order chi connectivity index (χ1) is 14.8. The molecule has 3 aromatic rings. The van der Waals surface area contributed by atoms with E-state index < -0.39 is 21.7 Å². The zero-order chi connectivity index (χ0) is 22.4. The zero-order valence-electron chi connectivity index (χ0n) is 17.0. The first-order valence-corrected chi connectivity index (χ1v) is 12.1. The summed E-state index contributed by atoms with van der Waals surface area (Å²) in [4.78, 5) is 25.1. The van der Waals surface area contributed by atoms with Crippen LogP contribution in [0, 0.1) is 0 Å². The summed E-state index contributed by atoms with van der Waals surface area (Å²) >= 11 is 1.22. The van der Waals surface area contributed by atoms with Crippen molar-refractivity contribution in [1.29, 1.82) is 0 Å². The van der Waals surface area contributed by atoms with Gasteiger partial charge in [0, 0.05) is 17.2 Å². The van der Waals surface area contributed by atoms with Gasteiger partial charge in [-0.2, -0.15) is 0 Å². The molecule has 0 atom stereocenters. The second-order valence-electron chi connectivity index (χ2n) is 6.52. The number of amides is 1. The molecule has 1 amide bonds. The molecule has 1 heterocycles. The number of hydrogen-bond acceptors (Lipinski definition) is 7. The van der Waals surface area contributed by atoms with Gasteiger partial charge >= 0.3 is 5.97 Å². The van der Waals surface area contributed by atoms with Crippen LogP contribution in [0.1, 0.15) is 17.3 Å². The van der Waals surface area contributed by atoms with E-state index in [-0.39, 0.29) is 18.1 Å². The van der Waals surface area contributed by atoms with Crippen LogP contribution < -0.4 is 10.1 Å². The maximum atomic E-state index is 12.5. The Balaban J connectivity index is 1.73. The third-order valence-electron chi connectivity index (χ3n) is 4.23. The Kier molecular flexibility index (Phi) is 7.09. The average molecular weight is 460 g/mol. The number of carbonyl (C=O) groups excluding carboxylic acids is 2. The minimum Gasteiger partial charge on any atom is -0.484 e. The summed E-state index contributed by atoms with van der Waals surface area (Å²) in [5.74, 6) is -0.626. The Morgan fingerprint density at radius 1 is 1.03 bits per heavy atom. The molecular formula is C22H21NO6S2. The molecule has 0 radical (unpaired) electrons. The van der Waals surface area contributed by atoms with E-state index in [2.05, 4.69) is 5.32 Å². The lowest BCUT2D eigenvalue weighted by atomic mass is 10.0. The van der Waals surface area contributed by atoms with E-state index in [0.717, 1.165) is 11.8 Å². The summed E-state index contributed by atoms with van der Waals surface area (Å²) in [5.41, 5.74) is 1.81. The summed E-state index contributed by atoms with van der Waals surface area (Å²) in [6, 6.07) is 15.1. The van der Waals surface area contributed by atoms with Gasteiger partial charge in [0.1, 0.15) is 16.3 Å². The molecule has 0 aliphatic heterocycles. The van der Waals surface area contributed by atoms with Crippen molar-refractivity contribution in [3.63, 3.8) is 0 Å². The molecule has 0 saturated carbocycles. The lowest BCUT2D eigenvalue weighted by molar-refractivity contribution is -0.118. The van der Waals surface area contributed by atoms with Crippen molar-refractivity contribution in [3.8, 4) is 16.9 Å². The van der Waals surface area contributed by atoms with Gasteiger partial charge < -0.3 is 14.8 Å². The molecule has 0 unspecified atom stereocenters. The molecule has 162 valence electrons. The van der Waals surface area contributed by atoms with Crippen molar-refractivity contribution in [1.82, 2.24) is 0 Å². The van der Waals surface area contributed by atoms with Crippen LogP contribution in [-0.2, 0) is 19.4 Å². The highest BCUT2D eigenvalue weighted by Gasteiger charge is 2.22. The summed E-state index contributed by atoms with van der Waals surface area (Å²) in [6.45, 7) is 1.62. The van der Waals surface area contributed by atoms with E-state index in [9.17, 15) is 18.0 Å². The van der Waals surface area contributed by atoms with E-state index >= 15 is 0 Å². The van der Waals surface area contributed by atoms with Gasteiger partial charge in [-0.15, -0.1) is 11.3 Å². The molecule has 7 nitrogen and oxygen atoms in total. The maximum Gasteiger partial charge on any atom is 0.341 e. The smallest absolute Gasteiger partial charge is 0.341 e. The van der Waals surface area contributed by atoms with Crippen molar-refractivity contribution in [2.45, 2.75) is 11.8 Å². The summed E-state index contributed by atoms with van der Waals surface area (Å²) < 4.78 is 33.6. The topological polar surface area (TPSA) is 98.8 Å². The number of rotatable bonds is 8. The monoisotopic (exact) mass is 459 g/mol. The molecule has 0 spiro atoms. The predicted molar refractivity (Wildman–Crippen MR) is 119 cm³/mol. The highest BCUT2D eigenvalue weighted by Crippen LogP contribution is 2.36. The summed E-state index contributed by atoms with van der Waals surface area (Å²) in [5, 5.41) is 4.87. The van der Waals surface area contributed by atoms with Crippen LogP contribution in [0.2, 0.25) is 0 Å². The fourth-order valence-electron chi connectivity index (χ4n) is 2.78. The van der Waals surface area contributed by atoms with Crippen molar-refractivity contribution >= 4 is 38.1 Å². The largest absolute Gasteiger partial charge is 0.484 e. The van der Waals surface area contributed by atoms with Gasteiger partial charge in [0.2, 0.25) is 0 Å². The number of benzene rings is 2. The van der Waals surface area contributed by atoms with Crippen molar-refractivity contribution < 1.29 is 27.5 Å². The summed E-state index contributed by atoms with van der Waals surface area (Å²) in [6.07, 6.45) is 1.11. The number of esters is 1. The van der Waals surface area contributed by atoms with Crippen molar-refractivity contribution in [2.24, 2.45) is 0 Å². The highest BCUT2D eigenvalue weighted by atomic mass is 32.2. The van der Waals surface area contributed by atoms with E-state index in [1.807, 2.05) is 30.3 Å².